The highest BCUT2D eigenvalue weighted by molar-refractivity contribution is 7.89. The Hall–Kier alpha value is -1.02. The second-order valence-corrected chi connectivity index (χ2v) is 6.47. The van der Waals surface area contributed by atoms with Crippen LogP contribution in [0, 0.1) is 0 Å². The van der Waals surface area contributed by atoms with Crippen molar-refractivity contribution in [2.75, 3.05) is 5.73 Å². The molecule has 0 saturated heterocycles. The zero-order valence-corrected chi connectivity index (χ0v) is 12.3. The van der Waals surface area contributed by atoms with Crippen LogP contribution >= 0.6 is 23.2 Å². The fourth-order valence-electron chi connectivity index (χ4n) is 1.50. The Morgan fingerprint density at radius 3 is 2.26 bits per heavy atom. The number of anilines is 1. The van der Waals surface area contributed by atoms with Crippen molar-refractivity contribution in [1.29, 1.82) is 0 Å². The van der Waals surface area contributed by atoms with E-state index in [1.54, 1.807) is 0 Å². The summed E-state index contributed by atoms with van der Waals surface area (Å²) < 4.78 is 26.5. The normalized spacial score (nSPS) is 13.2. The smallest absolute Gasteiger partial charge is 0.243 e. The predicted molar refractivity (Wildman–Crippen MR) is 74.5 cm³/mol. The lowest BCUT2D eigenvalue weighted by atomic mass is 10.2. The number of amides is 1. The lowest BCUT2D eigenvalue weighted by Gasteiger charge is -2.14. The summed E-state index contributed by atoms with van der Waals surface area (Å²) in [6, 6.07) is 1.88. The van der Waals surface area contributed by atoms with Gasteiger partial charge >= 0.3 is 0 Å². The molecule has 0 radical (unpaired) electrons. The lowest BCUT2D eigenvalue weighted by Crippen LogP contribution is -2.36. The van der Waals surface area contributed by atoms with Crippen LogP contribution in [0.4, 0.5) is 5.69 Å². The van der Waals surface area contributed by atoms with Gasteiger partial charge in [-0.25, -0.2) is 13.1 Å². The zero-order valence-electron chi connectivity index (χ0n) is 9.98. The third-order valence-electron chi connectivity index (χ3n) is 2.15. The Morgan fingerprint density at radius 1 is 1.37 bits per heavy atom. The van der Waals surface area contributed by atoms with Crippen LogP contribution in [-0.2, 0) is 14.8 Å². The highest BCUT2D eigenvalue weighted by Gasteiger charge is 2.24. The number of primary amides is 1. The van der Waals surface area contributed by atoms with Crippen LogP contribution in [0.3, 0.4) is 0 Å². The Morgan fingerprint density at radius 2 is 1.84 bits per heavy atom. The van der Waals surface area contributed by atoms with E-state index >= 15 is 0 Å². The van der Waals surface area contributed by atoms with Crippen molar-refractivity contribution in [3.63, 3.8) is 0 Å². The molecule has 5 N–H and O–H groups in total. The van der Waals surface area contributed by atoms with E-state index < -0.39 is 22.0 Å². The largest absolute Gasteiger partial charge is 0.399 e. The Kier molecular flexibility index (Phi) is 5.03. The van der Waals surface area contributed by atoms with Crippen molar-refractivity contribution < 1.29 is 13.2 Å². The maximum atomic E-state index is 12.1. The maximum Gasteiger partial charge on any atom is 0.243 e. The number of sulfonamides is 1. The average Bonchev–Trinajstić information content (AvgIpc) is 2.10. The summed E-state index contributed by atoms with van der Waals surface area (Å²) in [5.74, 6) is -0.621. The summed E-state index contributed by atoms with van der Waals surface area (Å²) in [6.07, 6.45) is -0.135. The molecule has 0 aromatic heterocycles. The quantitative estimate of drug-likeness (QED) is 0.703. The third kappa shape index (κ3) is 4.24. The van der Waals surface area contributed by atoms with Crippen LogP contribution in [0.25, 0.3) is 0 Å². The van der Waals surface area contributed by atoms with Crippen molar-refractivity contribution in [3.05, 3.63) is 22.2 Å². The first kappa shape index (κ1) is 16.0. The molecular weight excluding hydrogens is 313 g/mol. The van der Waals surface area contributed by atoms with Crippen molar-refractivity contribution in [2.45, 2.75) is 24.3 Å². The van der Waals surface area contributed by atoms with Gasteiger partial charge in [0.1, 0.15) is 4.90 Å². The number of rotatable bonds is 5. The topological polar surface area (TPSA) is 115 Å². The molecule has 0 aliphatic rings. The van der Waals surface area contributed by atoms with Crippen LogP contribution in [0.15, 0.2) is 17.0 Å². The molecule has 6 nitrogen and oxygen atoms in total. The molecule has 0 aliphatic heterocycles. The molecule has 0 aliphatic carbocycles. The number of carbonyl (C=O) groups is 1. The summed E-state index contributed by atoms with van der Waals surface area (Å²) in [6.45, 7) is 1.50. The van der Waals surface area contributed by atoms with Gasteiger partial charge in [0.15, 0.2) is 0 Å². The Bertz CT molecular complexity index is 581. The molecule has 9 heteroatoms. The van der Waals surface area contributed by atoms with Gasteiger partial charge in [-0.2, -0.15) is 0 Å². The number of carbonyl (C=O) groups excluding carboxylic acids is 1. The number of nitrogens with two attached hydrogens (primary N) is 2. The first-order valence-electron chi connectivity index (χ1n) is 5.18. The van der Waals surface area contributed by atoms with E-state index in [0.29, 0.717) is 0 Å². The SMILES string of the molecule is CC(CC(N)=O)NS(=O)(=O)c1c(Cl)cc(N)cc1Cl. The predicted octanol–water partition coefficient (Wildman–Crippen LogP) is 1.12. The van der Waals surface area contributed by atoms with Gasteiger partial charge in [-0.1, -0.05) is 23.2 Å². The summed E-state index contributed by atoms with van der Waals surface area (Å²) in [5, 5.41) is -0.187. The van der Waals surface area contributed by atoms with E-state index in [-0.39, 0.29) is 27.0 Å². The van der Waals surface area contributed by atoms with Gasteiger partial charge in [0.05, 0.1) is 10.0 Å². The van der Waals surface area contributed by atoms with Crippen LogP contribution in [0.2, 0.25) is 10.0 Å². The zero-order chi connectivity index (χ0) is 14.8. The van der Waals surface area contributed by atoms with E-state index in [9.17, 15) is 13.2 Å². The molecule has 1 aromatic rings. The molecule has 0 heterocycles. The molecule has 1 amide bonds. The van der Waals surface area contributed by atoms with Gasteiger partial charge in [0.2, 0.25) is 15.9 Å². The number of nitrogen functional groups attached to an aromatic ring is 1. The van der Waals surface area contributed by atoms with E-state index in [4.69, 9.17) is 34.7 Å². The molecule has 0 fully saturated rings. The standard InChI is InChI=1S/C10H13Cl2N3O3S/c1-5(2-9(14)16)15-19(17,18)10-7(11)3-6(13)4-8(10)12/h3-5,15H,2,13H2,1H3,(H2,14,16). The van der Waals surface area contributed by atoms with E-state index in [1.807, 2.05) is 0 Å². The minimum absolute atomic E-state index is 0.0937. The van der Waals surface area contributed by atoms with Crippen molar-refractivity contribution in [2.24, 2.45) is 5.73 Å². The molecule has 19 heavy (non-hydrogen) atoms. The van der Waals surface area contributed by atoms with Crippen LogP contribution < -0.4 is 16.2 Å². The minimum atomic E-state index is -3.96. The molecule has 1 atom stereocenters. The molecule has 1 unspecified atom stereocenters. The van der Waals surface area contributed by atoms with Crippen LogP contribution in [-0.4, -0.2) is 20.4 Å². The first-order chi connectivity index (χ1) is 8.63. The minimum Gasteiger partial charge on any atom is -0.399 e. The molecule has 0 bridgehead atoms. The fourth-order valence-corrected chi connectivity index (χ4v) is 3.98. The van der Waals surface area contributed by atoms with Gasteiger partial charge in [-0.15, -0.1) is 0 Å². The average molecular weight is 326 g/mol. The second kappa shape index (κ2) is 5.96. The molecular formula is C10H13Cl2N3O3S. The van der Waals surface area contributed by atoms with Crippen molar-refractivity contribution >= 4 is 44.8 Å². The summed E-state index contributed by atoms with van der Waals surface area (Å²) in [7, 11) is -3.96. The van der Waals surface area contributed by atoms with Crippen molar-refractivity contribution in [1.82, 2.24) is 4.72 Å². The highest BCUT2D eigenvalue weighted by atomic mass is 35.5. The third-order valence-corrected chi connectivity index (χ3v) is 4.66. The fraction of sp³-hybridized carbons (Fsp3) is 0.300. The van der Waals surface area contributed by atoms with Gasteiger partial charge in [0, 0.05) is 18.2 Å². The molecule has 0 saturated carbocycles. The van der Waals surface area contributed by atoms with E-state index in [0.717, 1.165) is 0 Å². The van der Waals surface area contributed by atoms with Gasteiger partial charge in [0.25, 0.3) is 0 Å². The summed E-state index contributed by atoms with van der Waals surface area (Å²) in [5.41, 5.74) is 10.7. The number of halogens is 2. The Labute approximate surface area is 121 Å². The van der Waals surface area contributed by atoms with Gasteiger partial charge in [-0.3, -0.25) is 4.79 Å². The van der Waals surface area contributed by atoms with Crippen LogP contribution in [0.1, 0.15) is 13.3 Å². The maximum absolute atomic E-state index is 12.1. The van der Waals surface area contributed by atoms with Crippen LogP contribution in [0.5, 0.6) is 0 Å². The molecule has 0 spiro atoms. The number of benzene rings is 1. The lowest BCUT2D eigenvalue weighted by molar-refractivity contribution is -0.118. The number of hydrogen-bond acceptors (Lipinski definition) is 4. The molecule has 106 valence electrons. The highest BCUT2D eigenvalue weighted by Crippen LogP contribution is 2.31. The summed E-state index contributed by atoms with van der Waals surface area (Å²) in [4.78, 5) is 10.5. The van der Waals surface area contributed by atoms with E-state index in [1.165, 1.54) is 19.1 Å². The molecule has 1 aromatic carbocycles. The van der Waals surface area contributed by atoms with Gasteiger partial charge in [-0.05, 0) is 19.1 Å². The second-order valence-electron chi connectivity index (χ2n) is 4.01. The number of hydrogen-bond donors (Lipinski definition) is 3. The van der Waals surface area contributed by atoms with Crippen molar-refractivity contribution in [3.8, 4) is 0 Å². The number of nitrogens with one attached hydrogen (secondary N) is 1. The monoisotopic (exact) mass is 325 g/mol. The summed E-state index contributed by atoms with van der Waals surface area (Å²) >= 11 is 11.7. The first-order valence-corrected chi connectivity index (χ1v) is 7.42. The van der Waals surface area contributed by atoms with E-state index in [2.05, 4.69) is 4.72 Å². The Balaban J connectivity index is 3.11. The molecule has 1 rings (SSSR count). The van der Waals surface area contributed by atoms with Gasteiger partial charge < -0.3 is 11.5 Å².